The highest BCUT2D eigenvalue weighted by atomic mass is 16.6. The van der Waals surface area contributed by atoms with Gasteiger partial charge >= 0.3 is 17.9 Å². The van der Waals surface area contributed by atoms with Crippen LogP contribution in [0.3, 0.4) is 0 Å². The molecule has 4 N–H and O–H groups in total. The summed E-state index contributed by atoms with van der Waals surface area (Å²) in [4.78, 5) is 29.0. The number of hydrogen-bond donors (Lipinski definition) is 4. The molecule has 1 saturated heterocycles. The fraction of sp³-hybridized carbons (Fsp3) is 0.737. The van der Waals surface area contributed by atoms with E-state index in [1.165, 1.54) is 7.11 Å². The van der Waals surface area contributed by atoms with Gasteiger partial charge in [0.1, 0.15) is 19.8 Å². The lowest BCUT2D eigenvalue weighted by atomic mass is 10.0. The van der Waals surface area contributed by atoms with Gasteiger partial charge in [-0.05, 0) is 13.8 Å². The summed E-state index contributed by atoms with van der Waals surface area (Å²) in [6.45, 7) is 11.3. The normalized spacial score (nSPS) is 19.5. The van der Waals surface area contributed by atoms with Crippen LogP contribution in [0.4, 0.5) is 0 Å². The average Bonchev–Trinajstić information content (AvgIpc) is 2.68. The van der Waals surface area contributed by atoms with Crippen LogP contribution in [0, 0.1) is 0 Å². The van der Waals surface area contributed by atoms with Crippen LogP contribution in [0.15, 0.2) is 12.2 Å². The minimum absolute atomic E-state index is 0.0540. The molecule has 0 radical (unpaired) electrons. The molecule has 3 atom stereocenters. The molecule has 0 bridgehead atoms. The Morgan fingerprint density at radius 2 is 1.50 bits per heavy atom. The number of carbonyl (C=O) groups is 3. The zero-order valence-corrected chi connectivity index (χ0v) is 18.3. The molecule has 0 saturated carbocycles. The molecule has 0 aliphatic carbocycles. The number of hydrogen-bond acceptors (Lipinski definition) is 8. The molecule has 1 heterocycles. The summed E-state index contributed by atoms with van der Waals surface area (Å²) >= 11 is 0. The monoisotopic (exact) mass is 440 g/mol. The average molecular weight is 440 g/mol. The molecule has 0 amide bonds. The lowest BCUT2D eigenvalue weighted by Gasteiger charge is -2.33. The fourth-order valence-electron chi connectivity index (χ4n) is 1.77. The van der Waals surface area contributed by atoms with E-state index in [4.69, 9.17) is 39.4 Å². The minimum atomic E-state index is -1.19. The summed E-state index contributed by atoms with van der Waals surface area (Å²) in [6.07, 6.45) is 0.276. The molecular formula is C19H36O11. The van der Waals surface area contributed by atoms with E-state index in [0.29, 0.717) is 19.6 Å². The van der Waals surface area contributed by atoms with Crippen molar-refractivity contribution in [3.63, 3.8) is 0 Å². The molecule has 0 spiro atoms. The van der Waals surface area contributed by atoms with E-state index in [-0.39, 0.29) is 31.5 Å². The van der Waals surface area contributed by atoms with Gasteiger partial charge in [-0.25, -0.2) is 14.4 Å². The van der Waals surface area contributed by atoms with Gasteiger partial charge < -0.3 is 39.4 Å². The maximum absolute atomic E-state index is 10.4. The number of methoxy groups -OCH3 is 1. The molecule has 0 aromatic carbocycles. The van der Waals surface area contributed by atoms with E-state index in [1.807, 2.05) is 27.7 Å². The molecule has 178 valence electrons. The predicted octanol–water partition coefficient (Wildman–Crippen LogP) is 1.03. The number of carboxylic acids is 3. The summed E-state index contributed by atoms with van der Waals surface area (Å²) in [7, 11) is 1.34. The van der Waals surface area contributed by atoms with Gasteiger partial charge in [-0.15, -0.1) is 0 Å². The molecule has 0 aromatic rings. The molecule has 1 aliphatic heterocycles. The highest BCUT2D eigenvalue weighted by Gasteiger charge is 2.30. The van der Waals surface area contributed by atoms with Gasteiger partial charge in [-0.1, -0.05) is 26.0 Å². The largest absolute Gasteiger partial charge is 0.480 e. The first kappa shape index (κ1) is 32.6. The van der Waals surface area contributed by atoms with Crippen molar-refractivity contribution >= 4 is 17.9 Å². The van der Waals surface area contributed by atoms with Crippen molar-refractivity contribution < 1.29 is 53.8 Å². The third kappa shape index (κ3) is 24.0. The maximum atomic E-state index is 10.4. The number of rotatable bonds is 9. The lowest BCUT2D eigenvalue weighted by molar-refractivity contribution is -0.166. The van der Waals surface area contributed by atoms with Crippen molar-refractivity contribution in [2.24, 2.45) is 0 Å². The predicted molar refractivity (Wildman–Crippen MR) is 108 cm³/mol. The van der Waals surface area contributed by atoms with Crippen LogP contribution >= 0.6 is 0 Å². The van der Waals surface area contributed by atoms with Crippen LogP contribution in [0.5, 0.6) is 0 Å². The Hall–Kier alpha value is -2.05. The molecule has 11 nitrogen and oxygen atoms in total. The molecule has 1 unspecified atom stereocenters. The molecule has 1 fully saturated rings. The van der Waals surface area contributed by atoms with Crippen LogP contribution in [-0.4, -0.2) is 96.8 Å². The summed E-state index contributed by atoms with van der Waals surface area (Å²) in [5.74, 6) is -3.09. The molecule has 11 heteroatoms. The Morgan fingerprint density at radius 3 is 1.83 bits per heavy atom. The second kappa shape index (κ2) is 21.7. The Kier molecular flexibility index (Phi) is 23.5. The Bertz CT molecular complexity index is 479. The van der Waals surface area contributed by atoms with Crippen molar-refractivity contribution in [3.8, 4) is 0 Å². The van der Waals surface area contributed by atoms with E-state index in [1.54, 1.807) is 0 Å². The van der Waals surface area contributed by atoms with E-state index in [2.05, 4.69) is 11.3 Å². The third-order valence-electron chi connectivity index (χ3n) is 2.95. The highest BCUT2D eigenvalue weighted by molar-refractivity contribution is 5.68. The topological polar surface area (TPSA) is 169 Å². The quantitative estimate of drug-likeness (QED) is 0.378. The summed E-state index contributed by atoms with van der Waals surface area (Å²) < 4.78 is 20.5. The summed E-state index contributed by atoms with van der Waals surface area (Å²) in [5, 5.41) is 31.4. The van der Waals surface area contributed by atoms with Crippen molar-refractivity contribution in [1.82, 2.24) is 0 Å². The van der Waals surface area contributed by atoms with Gasteiger partial charge in [0, 0.05) is 13.5 Å². The van der Waals surface area contributed by atoms with Gasteiger partial charge in [-0.2, -0.15) is 0 Å². The van der Waals surface area contributed by atoms with Crippen molar-refractivity contribution in [2.75, 3.05) is 40.1 Å². The SMILES string of the molecule is C=C(C)CO[C@H]1CO[C@@H](C)C(OCC(=O)O)C1.CC.COCC(=O)O.O=C(O)CO. The van der Waals surface area contributed by atoms with Gasteiger partial charge in [0.05, 0.1) is 31.5 Å². The first-order valence-electron chi connectivity index (χ1n) is 9.27. The maximum Gasteiger partial charge on any atom is 0.329 e. The van der Waals surface area contributed by atoms with E-state index >= 15 is 0 Å². The first-order chi connectivity index (χ1) is 14.0. The smallest absolute Gasteiger partial charge is 0.329 e. The molecule has 1 rings (SSSR count). The van der Waals surface area contributed by atoms with Gasteiger partial charge in [0.15, 0.2) is 0 Å². The fourth-order valence-corrected chi connectivity index (χ4v) is 1.77. The van der Waals surface area contributed by atoms with Crippen molar-refractivity contribution in [1.29, 1.82) is 0 Å². The number of carboxylic acid groups (broad SMARTS) is 3. The van der Waals surface area contributed by atoms with Crippen molar-refractivity contribution in [2.45, 2.75) is 52.4 Å². The van der Waals surface area contributed by atoms with Crippen LogP contribution in [-0.2, 0) is 33.3 Å². The van der Waals surface area contributed by atoms with E-state index < -0.39 is 24.5 Å². The van der Waals surface area contributed by atoms with Gasteiger partial charge in [0.25, 0.3) is 0 Å². The van der Waals surface area contributed by atoms with Gasteiger partial charge in [-0.3, -0.25) is 0 Å². The highest BCUT2D eigenvalue weighted by Crippen LogP contribution is 2.20. The number of aliphatic hydroxyl groups is 1. The third-order valence-corrected chi connectivity index (χ3v) is 2.95. The molecular weight excluding hydrogens is 404 g/mol. The molecule has 0 aromatic heterocycles. The number of aliphatic carboxylic acids is 3. The number of ether oxygens (including phenoxy) is 4. The second-order valence-electron chi connectivity index (χ2n) is 5.79. The Balaban J connectivity index is -0.000000462. The van der Waals surface area contributed by atoms with Crippen LogP contribution in [0.2, 0.25) is 0 Å². The van der Waals surface area contributed by atoms with E-state index in [9.17, 15) is 9.59 Å². The summed E-state index contributed by atoms with van der Waals surface area (Å²) in [5.41, 5.74) is 0.951. The van der Waals surface area contributed by atoms with E-state index in [0.717, 1.165) is 5.57 Å². The van der Waals surface area contributed by atoms with Gasteiger partial charge in [0.2, 0.25) is 0 Å². The minimum Gasteiger partial charge on any atom is -0.480 e. The van der Waals surface area contributed by atoms with Crippen LogP contribution in [0.1, 0.15) is 34.1 Å². The van der Waals surface area contributed by atoms with Crippen molar-refractivity contribution in [3.05, 3.63) is 12.2 Å². The zero-order chi connectivity index (χ0) is 24.1. The zero-order valence-electron chi connectivity index (χ0n) is 18.3. The standard InChI is InChI=1S/C12H20O5.C3H6O3.C2H4O3.C2H6/c1-8(2)5-16-10-4-11(9(3)15-6-10)17-7-12(13)14;1-6-2-3(4)5;3-1-2(4)5;1-2/h9-11H,1,4-7H2,2-3H3,(H,13,14);2H2,1H3,(H,4,5);3H,1H2,(H,4,5);1-2H3/t9-,10+,11?;;;/m0.../s1. The Morgan fingerprint density at radius 1 is 1.00 bits per heavy atom. The first-order valence-corrected chi connectivity index (χ1v) is 9.27. The molecule has 30 heavy (non-hydrogen) atoms. The van der Waals surface area contributed by atoms with Crippen LogP contribution in [0.25, 0.3) is 0 Å². The lowest BCUT2D eigenvalue weighted by Crippen LogP contribution is -2.43. The van der Waals surface area contributed by atoms with Crippen LogP contribution < -0.4 is 0 Å². The number of aliphatic hydroxyl groups excluding tert-OH is 1. The summed E-state index contributed by atoms with van der Waals surface area (Å²) in [6, 6.07) is 0. The second-order valence-corrected chi connectivity index (χ2v) is 5.79. The molecule has 1 aliphatic rings. The Labute approximate surface area is 177 Å².